The number of para-hydroxylation sites is 1. The lowest BCUT2D eigenvalue weighted by Gasteiger charge is -2.06. The lowest BCUT2D eigenvalue weighted by Crippen LogP contribution is -2.25. The maximum absolute atomic E-state index is 11.9. The third kappa shape index (κ3) is 4.10. The molecule has 3 N–H and O–H groups in total. The van der Waals surface area contributed by atoms with Crippen molar-refractivity contribution in [3.8, 4) is 0 Å². The molecule has 1 aromatic carbocycles. The lowest BCUT2D eigenvalue weighted by atomic mass is 10.3. The summed E-state index contributed by atoms with van der Waals surface area (Å²) in [6.07, 6.45) is 1.30. The molecule has 1 aromatic rings. The number of aliphatic hydroxyl groups is 2. The fraction of sp³-hybridized carbons (Fsp3) is 0.273. The number of rotatable bonds is 7. The minimum absolute atomic E-state index is 0.190. The van der Waals surface area contributed by atoms with Gasteiger partial charge in [0.15, 0.2) is 4.90 Å². The van der Waals surface area contributed by atoms with Crippen LogP contribution in [0.1, 0.15) is 0 Å². The van der Waals surface area contributed by atoms with E-state index in [-0.39, 0.29) is 12.1 Å². The molecule has 0 unspecified atom stereocenters. The number of nitro groups is 1. The van der Waals surface area contributed by atoms with Gasteiger partial charge in [0.1, 0.15) is 0 Å². The van der Waals surface area contributed by atoms with Crippen LogP contribution in [-0.4, -0.2) is 43.3 Å². The molecule has 0 amide bonds. The minimum Gasteiger partial charge on any atom is -0.392 e. The standard InChI is InChI=1S/C11H14N2O6S/c14-7-9(8-15)5-6-12-20(18,19)11-4-2-1-3-10(11)13(16)17/h1-5,12,14-15H,6-8H2. The number of hydrogen-bond donors (Lipinski definition) is 3. The highest BCUT2D eigenvalue weighted by Crippen LogP contribution is 2.22. The highest BCUT2D eigenvalue weighted by atomic mass is 32.2. The summed E-state index contributed by atoms with van der Waals surface area (Å²) in [5.74, 6) is 0. The van der Waals surface area contributed by atoms with Crippen LogP contribution in [0.3, 0.4) is 0 Å². The number of sulfonamides is 1. The smallest absolute Gasteiger partial charge is 0.289 e. The van der Waals surface area contributed by atoms with Gasteiger partial charge < -0.3 is 10.2 Å². The Balaban J connectivity index is 2.96. The van der Waals surface area contributed by atoms with Gasteiger partial charge in [-0.05, 0) is 11.6 Å². The fourth-order valence-corrected chi connectivity index (χ4v) is 2.52. The molecule has 9 heteroatoms. The fourth-order valence-electron chi connectivity index (χ4n) is 1.39. The van der Waals surface area contributed by atoms with Gasteiger partial charge in [-0.15, -0.1) is 0 Å². The Hall–Kier alpha value is -1.81. The molecule has 0 aliphatic carbocycles. The molecule has 0 aliphatic heterocycles. The predicted octanol–water partition coefficient (Wildman–Crippen LogP) is -0.216. The van der Waals surface area contributed by atoms with Crippen LogP contribution in [0.4, 0.5) is 5.69 Å². The van der Waals surface area contributed by atoms with Gasteiger partial charge in [0, 0.05) is 12.6 Å². The topological polar surface area (TPSA) is 130 Å². The van der Waals surface area contributed by atoms with Crippen molar-refractivity contribution >= 4 is 15.7 Å². The monoisotopic (exact) mass is 302 g/mol. The summed E-state index contributed by atoms with van der Waals surface area (Å²) in [5.41, 5.74) is -0.274. The summed E-state index contributed by atoms with van der Waals surface area (Å²) in [6, 6.07) is 4.97. The Labute approximate surface area is 115 Å². The van der Waals surface area contributed by atoms with Gasteiger partial charge in [-0.1, -0.05) is 18.2 Å². The van der Waals surface area contributed by atoms with E-state index in [1.165, 1.54) is 18.2 Å². The van der Waals surface area contributed by atoms with Crippen LogP contribution >= 0.6 is 0 Å². The largest absolute Gasteiger partial charge is 0.392 e. The van der Waals surface area contributed by atoms with Crippen molar-refractivity contribution in [2.45, 2.75) is 4.90 Å². The third-order valence-corrected chi connectivity index (χ3v) is 3.89. The van der Waals surface area contributed by atoms with Crippen molar-refractivity contribution in [3.05, 3.63) is 46.0 Å². The third-order valence-electron chi connectivity index (χ3n) is 2.42. The van der Waals surface area contributed by atoms with E-state index in [4.69, 9.17) is 10.2 Å². The van der Waals surface area contributed by atoms with Crippen LogP contribution in [-0.2, 0) is 10.0 Å². The SMILES string of the molecule is O=[N+]([O-])c1ccccc1S(=O)(=O)NCC=C(CO)CO. The molecule has 0 radical (unpaired) electrons. The van der Waals surface area contributed by atoms with Crippen molar-refractivity contribution in [1.82, 2.24) is 4.72 Å². The Morgan fingerprint density at radius 1 is 1.30 bits per heavy atom. The van der Waals surface area contributed by atoms with Crippen LogP contribution in [0.15, 0.2) is 40.8 Å². The number of nitrogens with zero attached hydrogens (tertiary/aromatic N) is 1. The first-order valence-electron chi connectivity index (χ1n) is 5.55. The van der Waals surface area contributed by atoms with Crippen molar-refractivity contribution < 1.29 is 23.6 Å². The van der Waals surface area contributed by atoms with Gasteiger partial charge in [0.25, 0.3) is 5.69 Å². The van der Waals surface area contributed by atoms with E-state index in [2.05, 4.69) is 4.72 Å². The van der Waals surface area contributed by atoms with Crippen LogP contribution in [0.25, 0.3) is 0 Å². The first kappa shape index (κ1) is 16.2. The molecule has 0 heterocycles. The Morgan fingerprint density at radius 2 is 1.90 bits per heavy atom. The van der Waals surface area contributed by atoms with E-state index in [1.54, 1.807) is 0 Å². The maximum atomic E-state index is 11.9. The van der Waals surface area contributed by atoms with Crippen molar-refractivity contribution in [2.75, 3.05) is 19.8 Å². The molecule has 8 nitrogen and oxygen atoms in total. The zero-order valence-corrected chi connectivity index (χ0v) is 11.2. The molecule has 110 valence electrons. The predicted molar refractivity (Wildman–Crippen MR) is 70.5 cm³/mol. The van der Waals surface area contributed by atoms with Gasteiger partial charge in [-0.25, -0.2) is 13.1 Å². The number of aliphatic hydroxyl groups excluding tert-OH is 2. The second-order valence-electron chi connectivity index (χ2n) is 3.76. The zero-order valence-electron chi connectivity index (χ0n) is 10.4. The quantitative estimate of drug-likeness (QED) is 0.363. The number of nitro benzene ring substituents is 1. The van der Waals surface area contributed by atoms with E-state index < -0.39 is 38.7 Å². The number of benzene rings is 1. The average Bonchev–Trinajstić information content (AvgIpc) is 2.43. The molecule has 0 aliphatic rings. The lowest BCUT2D eigenvalue weighted by molar-refractivity contribution is -0.387. The van der Waals surface area contributed by atoms with Crippen molar-refractivity contribution in [2.24, 2.45) is 0 Å². The second kappa shape index (κ2) is 7.10. The van der Waals surface area contributed by atoms with Crippen LogP contribution in [0, 0.1) is 10.1 Å². The molecule has 0 atom stereocenters. The number of hydrogen-bond acceptors (Lipinski definition) is 6. The molecule has 0 saturated carbocycles. The molecule has 0 bridgehead atoms. The van der Waals surface area contributed by atoms with Gasteiger partial charge in [-0.3, -0.25) is 10.1 Å². The number of nitrogens with one attached hydrogen (secondary N) is 1. The Kier molecular flexibility index (Phi) is 5.77. The first-order chi connectivity index (χ1) is 9.42. The molecule has 0 fully saturated rings. The highest BCUT2D eigenvalue weighted by molar-refractivity contribution is 7.89. The summed E-state index contributed by atoms with van der Waals surface area (Å²) < 4.78 is 26.0. The highest BCUT2D eigenvalue weighted by Gasteiger charge is 2.24. The zero-order chi connectivity index (χ0) is 15.2. The molecule has 0 saturated heterocycles. The van der Waals surface area contributed by atoms with Gasteiger partial charge >= 0.3 is 0 Å². The van der Waals surface area contributed by atoms with Crippen molar-refractivity contribution in [1.29, 1.82) is 0 Å². The normalized spacial score (nSPS) is 11.1. The van der Waals surface area contributed by atoms with E-state index in [9.17, 15) is 18.5 Å². The molecular formula is C11H14N2O6S. The summed E-state index contributed by atoms with van der Waals surface area (Å²) in [4.78, 5) is 9.56. The van der Waals surface area contributed by atoms with Crippen molar-refractivity contribution in [3.63, 3.8) is 0 Å². The van der Waals surface area contributed by atoms with Gasteiger partial charge in [-0.2, -0.15) is 0 Å². The molecule has 20 heavy (non-hydrogen) atoms. The summed E-state index contributed by atoms with van der Waals surface area (Å²) in [5, 5.41) is 28.4. The van der Waals surface area contributed by atoms with Crippen LogP contribution < -0.4 is 4.72 Å². The Morgan fingerprint density at radius 3 is 2.45 bits per heavy atom. The minimum atomic E-state index is -4.05. The maximum Gasteiger partial charge on any atom is 0.289 e. The first-order valence-corrected chi connectivity index (χ1v) is 7.03. The van der Waals surface area contributed by atoms with Gasteiger partial charge in [0.2, 0.25) is 10.0 Å². The summed E-state index contributed by atoms with van der Waals surface area (Å²) in [7, 11) is -4.05. The second-order valence-corrected chi connectivity index (χ2v) is 5.49. The molecule has 1 rings (SSSR count). The van der Waals surface area contributed by atoms with Crippen LogP contribution in [0.5, 0.6) is 0 Å². The Bertz CT molecular complexity index is 605. The van der Waals surface area contributed by atoms with Crippen LogP contribution in [0.2, 0.25) is 0 Å². The summed E-state index contributed by atoms with van der Waals surface area (Å²) >= 11 is 0. The molecule has 0 spiro atoms. The molecular weight excluding hydrogens is 288 g/mol. The van der Waals surface area contributed by atoms with E-state index in [0.717, 1.165) is 12.1 Å². The van der Waals surface area contributed by atoms with Gasteiger partial charge in [0.05, 0.1) is 18.1 Å². The average molecular weight is 302 g/mol. The van der Waals surface area contributed by atoms with E-state index in [0.29, 0.717) is 0 Å². The molecule has 0 aromatic heterocycles. The van der Waals surface area contributed by atoms with E-state index in [1.807, 2.05) is 0 Å². The van der Waals surface area contributed by atoms with E-state index >= 15 is 0 Å². The summed E-state index contributed by atoms with van der Waals surface area (Å²) in [6.45, 7) is -0.988.